The Hall–Kier alpha value is -1.82. The SMILES string of the molecule is CCNCC(c1ccccc1)n1cc(C(F)(F)F)cn1. The molecule has 1 unspecified atom stereocenters. The zero-order valence-electron chi connectivity index (χ0n) is 11.1. The van der Waals surface area contributed by atoms with Crippen LogP contribution >= 0.6 is 0 Å². The Labute approximate surface area is 115 Å². The molecule has 1 aromatic carbocycles. The Bertz CT molecular complexity index is 534. The van der Waals surface area contributed by atoms with Crippen molar-refractivity contribution in [1.82, 2.24) is 15.1 Å². The molecule has 20 heavy (non-hydrogen) atoms. The Kier molecular flexibility index (Phi) is 4.44. The van der Waals surface area contributed by atoms with Gasteiger partial charge in [-0.25, -0.2) is 0 Å². The zero-order chi connectivity index (χ0) is 14.6. The number of halogens is 3. The number of hydrogen-bond acceptors (Lipinski definition) is 2. The van der Waals surface area contributed by atoms with Crippen LogP contribution in [0.1, 0.15) is 24.1 Å². The summed E-state index contributed by atoms with van der Waals surface area (Å²) in [6, 6.07) is 9.11. The van der Waals surface area contributed by atoms with Crippen LogP contribution in [0.3, 0.4) is 0 Å². The summed E-state index contributed by atoms with van der Waals surface area (Å²) in [6.45, 7) is 3.22. The second-order valence-electron chi connectivity index (χ2n) is 4.44. The highest BCUT2D eigenvalue weighted by Gasteiger charge is 2.32. The maximum absolute atomic E-state index is 12.7. The van der Waals surface area contributed by atoms with E-state index in [0.29, 0.717) is 6.54 Å². The van der Waals surface area contributed by atoms with Gasteiger partial charge in [-0.2, -0.15) is 18.3 Å². The summed E-state index contributed by atoms with van der Waals surface area (Å²) in [5.41, 5.74) is 0.195. The van der Waals surface area contributed by atoms with Gasteiger partial charge in [-0.1, -0.05) is 37.3 Å². The van der Waals surface area contributed by atoms with E-state index < -0.39 is 11.7 Å². The lowest BCUT2D eigenvalue weighted by molar-refractivity contribution is -0.137. The second kappa shape index (κ2) is 6.09. The average molecular weight is 283 g/mol. The van der Waals surface area contributed by atoms with Gasteiger partial charge >= 0.3 is 6.18 Å². The number of likely N-dealkylation sites (N-methyl/N-ethyl adjacent to an activating group) is 1. The maximum Gasteiger partial charge on any atom is 0.419 e. The minimum absolute atomic E-state index is 0.257. The minimum atomic E-state index is -4.36. The van der Waals surface area contributed by atoms with Crippen molar-refractivity contribution in [3.05, 3.63) is 53.9 Å². The molecule has 1 aromatic heterocycles. The molecule has 0 saturated carbocycles. The molecule has 108 valence electrons. The number of benzene rings is 1. The first-order valence-electron chi connectivity index (χ1n) is 6.39. The standard InChI is InChI=1S/C14H16F3N3/c1-2-18-9-13(11-6-4-3-5-7-11)20-10-12(8-19-20)14(15,16)17/h3-8,10,13,18H,2,9H2,1H3. The molecule has 2 rings (SSSR count). The number of rotatable bonds is 5. The van der Waals surface area contributed by atoms with Crippen LogP contribution < -0.4 is 5.32 Å². The first kappa shape index (κ1) is 14.6. The number of nitrogens with zero attached hydrogens (tertiary/aromatic N) is 2. The Morgan fingerprint density at radius 3 is 2.50 bits per heavy atom. The van der Waals surface area contributed by atoms with E-state index in [1.54, 1.807) is 0 Å². The Morgan fingerprint density at radius 1 is 1.25 bits per heavy atom. The second-order valence-corrected chi connectivity index (χ2v) is 4.44. The maximum atomic E-state index is 12.7. The smallest absolute Gasteiger partial charge is 0.315 e. The van der Waals surface area contributed by atoms with E-state index in [9.17, 15) is 13.2 Å². The van der Waals surface area contributed by atoms with Gasteiger partial charge in [-0.3, -0.25) is 4.68 Å². The first-order chi connectivity index (χ1) is 9.52. The van der Waals surface area contributed by atoms with E-state index in [0.717, 1.165) is 24.5 Å². The van der Waals surface area contributed by atoms with Crippen molar-refractivity contribution in [2.45, 2.75) is 19.1 Å². The van der Waals surface area contributed by atoms with Crippen molar-refractivity contribution in [2.24, 2.45) is 0 Å². The van der Waals surface area contributed by atoms with Crippen molar-refractivity contribution in [3.8, 4) is 0 Å². The molecule has 0 aliphatic carbocycles. The normalized spacial score (nSPS) is 13.4. The van der Waals surface area contributed by atoms with Crippen LogP contribution in [0.2, 0.25) is 0 Å². The lowest BCUT2D eigenvalue weighted by Crippen LogP contribution is -2.26. The fourth-order valence-electron chi connectivity index (χ4n) is 1.98. The summed E-state index contributed by atoms with van der Waals surface area (Å²) in [7, 11) is 0. The predicted molar refractivity (Wildman–Crippen MR) is 70.4 cm³/mol. The summed E-state index contributed by atoms with van der Waals surface area (Å²) in [6.07, 6.45) is -2.45. The summed E-state index contributed by atoms with van der Waals surface area (Å²) in [4.78, 5) is 0. The van der Waals surface area contributed by atoms with Crippen LogP contribution in [0.25, 0.3) is 0 Å². The predicted octanol–water partition coefficient (Wildman–Crippen LogP) is 3.10. The number of aromatic nitrogens is 2. The molecular weight excluding hydrogens is 267 g/mol. The van der Waals surface area contributed by atoms with Crippen molar-refractivity contribution < 1.29 is 13.2 Å². The van der Waals surface area contributed by atoms with Gasteiger partial charge in [-0.05, 0) is 12.1 Å². The topological polar surface area (TPSA) is 29.9 Å². The third-order valence-corrected chi connectivity index (χ3v) is 3.02. The van der Waals surface area contributed by atoms with E-state index in [4.69, 9.17) is 0 Å². The quantitative estimate of drug-likeness (QED) is 0.913. The van der Waals surface area contributed by atoms with Gasteiger partial charge in [0.1, 0.15) is 0 Å². The molecule has 0 radical (unpaired) electrons. The van der Waals surface area contributed by atoms with Crippen molar-refractivity contribution >= 4 is 0 Å². The van der Waals surface area contributed by atoms with Gasteiger partial charge in [0.2, 0.25) is 0 Å². The van der Waals surface area contributed by atoms with Crippen LogP contribution in [0.5, 0.6) is 0 Å². The molecule has 0 amide bonds. The van der Waals surface area contributed by atoms with Crippen LogP contribution in [0, 0.1) is 0 Å². The monoisotopic (exact) mass is 283 g/mol. The van der Waals surface area contributed by atoms with Gasteiger partial charge < -0.3 is 5.32 Å². The Balaban J connectivity index is 2.29. The van der Waals surface area contributed by atoms with E-state index in [2.05, 4.69) is 10.4 Å². The van der Waals surface area contributed by atoms with Crippen LogP contribution in [-0.2, 0) is 6.18 Å². The first-order valence-corrected chi connectivity index (χ1v) is 6.39. The van der Waals surface area contributed by atoms with Gasteiger partial charge in [0.25, 0.3) is 0 Å². The van der Waals surface area contributed by atoms with Crippen molar-refractivity contribution in [2.75, 3.05) is 13.1 Å². The van der Waals surface area contributed by atoms with Crippen LogP contribution in [-0.4, -0.2) is 22.9 Å². The summed E-state index contributed by atoms with van der Waals surface area (Å²) >= 11 is 0. The zero-order valence-corrected chi connectivity index (χ0v) is 11.1. The Morgan fingerprint density at radius 2 is 1.95 bits per heavy atom. The van der Waals surface area contributed by atoms with Crippen LogP contribution in [0.15, 0.2) is 42.7 Å². The molecule has 0 spiro atoms. The lowest BCUT2D eigenvalue weighted by atomic mass is 10.1. The fraction of sp³-hybridized carbons (Fsp3) is 0.357. The number of nitrogens with one attached hydrogen (secondary N) is 1. The van der Waals surface area contributed by atoms with E-state index in [1.807, 2.05) is 37.3 Å². The van der Waals surface area contributed by atoms with E-state index >= 15 is 0 Å². The molecule has 2 aromatic rings. The van der Waals surface area contributed by atoms with Crippen molar-refractivity contribution in [3.63, 3.8) is 0 Å². The molecule has 3 nitrogen and oxygen atoms in total. The third kappa shape index (κ3) is 3.39. The largest absolute Gasteiger partial charge is 0.419 e. The van der Waals surface area contributed by atoms with Gasteiger partial charge in [0.15, 0.2) is 0 Å². The molecule has 0 bridgehead atoms. The molecule has 0 aliphatic rings. The van der Waals surface area contributed by atoms with E-state index in [-0.39, 0.29) is 6.04 Å². The molecule has 1 atom stereocenters. The lowest BCUT2D eigenvalue weighted by Gasteiger charge is -2.18. The van der Waals surface area contributed by atoms with E-state index in [1.165, 1.54) is 4.68 Å². The number of alkyl halides is 3. The molecular formula is C14H16F3N3. The molecule has 6 heteroatoms. The van der Waals surface area contributed by atoms with Crippen molar-refractivity contribution in [1.29, 1.82) is 0 Å². The molecule has 0 aliphatic heterocycles. The molecule has 0 fully saturated rings. The highest BCUT2D eigenvalue weighted by Crippen LogP contribution is 2.29. The average Bonchev–Trinajstić information content (AvgIpc) is 2.90. The fourth-order valence-corrected chi connectivity index (χ4v) is 1.98. The third-order valence-electron chi connectivity index (χ3n) is 3.02. The molecule has 1 N–H and O–H groups in total. The molecule has 1 heterocycles. The van der Waals surface area contributed by atoms with Gasteiger partial charge in [-0.15, -0.1) is 0 Å². The number of hydrogen-bond donors (Lipinski definition) is 1. The summed E-state index contributed by atoms with van der Waals surface area (Å²) in [5, 5.41) is 7.02. The summed E-state index contributed by atoms with van der Waals surface area (Å²) in [5.74, 6) is 0. The summed E-state index contributed by atoms with van der Waals surface area (Å²) < 4.78 is 39.3. The minimum Gasteiger partial charge on any atom is -0.315 e. The highest BCUT2D eigenvalue weighted by molar-refractivity contribution is 5.21. The highest BCUT2D eigenvalue weighted by atomic mass is 19.4. The van der Waals surface area contributed by atoms with Gasteiger partial charge in [0.05, 0.1) is 17.8 Å². The van der Waals surface area contributed by atoms with Gasteiger partial charge in [0, 0.05) is 12.7 Å². The molecule has 0 saturated heterocycles. The van der Waals surface area contributed by atoms with Crippen LogP contribution in [0.4, 0.5) is 13.2 Å².